The molecule has 0 aliphatic rings. The zero-order valence-electron chi connectivity index (χ0n) is 18.4. The molecule has 3 aromatic carbocycles. The molecule has 1 N–H and O–H groups in total. The number of aromatic nitrogens is 3. The molecule has 1 aromatic heterocycles. The van der Waals surface area contributed by atoms with Crippen LogP contribution in [0.5, 0.6) is 0 Å². The van der Waals surface area contributed by atoms with Crippen LogP contribution >= 0.6 is 39.3 Å². The van der Waals surface area contributed by atoms with E-state index in [0.717, 1.165) is 21.3 Å². The van der Waals surface area contributed by atoms with E-state index >= 15 is 0 Å². The predicted molar refractivity (Wildman–Crippen MR) is 137 cm³/mol. The number of nitrogens with one attached hydrogen (secondary N) is 1. The Labute approximate surface area is 214 Å². The van der Waals surface area contributed by atoms with Gasteiger partial charge in [-0.2, -0.15) is 0 Å². The third-order valence-electron chi connectivity index (χ3n) is 5.19. The number of rotatable bonds is 7. The summed E-state index contributed by atoms with van der Waals surface area (Å²) in [5, 5.41) is 13.1. The van der Waals surface area contributed by atoms with E-state index in [1.54, 1.807) is 24.3 Å². The molecule has 0 aliphatic heterocycles. The van der Waals surface area contributed by atoms with Crippen LogP contribution in [0.4, 0.5) is 4.39 Å². The summed E-state index contributed by atoms with van der Waals surface area (Å²) in [6.45, 7) is 3.85. The molecule has 0 saturated heterocycles. The van der Waals surface area contributed by atoms with Crippen LogP contribution in [0.25, 0.3) is 5.69 Å². The van der Waals surface area contributed by atoms with E-state index in [9.17, 15) is 9.18 Å². The van der Waals surface area contributed by atoms with Crippen LogP contribution in [0.2, 0.25) is 5.02 Å². The number of nitrogens with zero attached hydrogens (tertiary/aromatic N) is 3. The molecule has 0 aliphatic carbocycles. The summed E-state index contributed by atoms with van der Waals surface area (Å²) >= 11 is 11.2. The molecule has 4 aromatic rings. The van der Waals surface area contributed by atoms with E-state index in [0.29, 0.717) is 27.3 Å². The van der Waals surface area contributed by atoms with Crippen molar-refractivity contribution in [3.63, 3.8) is 0 Å². The van der Waals surface area contributed by atoms with Gasteiger partial charge in [0, 0.05) is 20.8 Å². The molecule has 34 heavy (non-hydrogen) atoms. The lowest BCUT2D eigenvalue weighted by molar-refractivity contribution is 0.0938. The first-order chi connectivity index (χ1) is 16.3. The van der Waals surface area contributed by atoms with Gasteiger partial charge in [-0.3, -0.25) is 9.36 Å². The fraction of sp³-hybridized carbons (Fsp3) is 0.160. The Morgan fingerprint density at radius 1 is 1.12 bits per heavy atom. The molecule has 9 heteroatoms. The predicted octanol–water partition coefficient (Wildman–Crippen LogP) is 6.91. The number of hydrogen-bond donors (Lipinski definition) is 1. The molecule has 0 radical (unpaired) electrons. The van der Waals surface area contributed by atoms with Gasteiger partial charge >= 0.3 is 0 Å². The molecule has 1 amide bonds. The van der Waals surface area contributed by atoms with Crippen molar-refractivity contribution < 1.29 is 9.18 Å². The Kier molecular flexibility index (Phi) is 7.70. The molecule has 0 saturated carbocycles. The molecule has 1 unspecified atom stereocenters. The standard InChI is InChI=1S/C25H21BrClFN4OS/c1-15-3-10-20(27)13-22(15)32-23(16(2)29-24(33)18-6-8-19(26)9-7-18)30-31-25(32)34-14-17-4-11-21(28)12-5-17/h3-13,16H,14H2,1-2H3,(H,29,33). The Hall–Kier alpha value is -2.68. The van der Waals surface area contributed by atoms with Gasteiger partial charge in [0.15, 0.2) is 11.0 Å². The van der Waals surface area contributed by atoms with Crippen LogP contribution in [0, 0.1) is 12.7 Å². The van der Waals surface area contributed by atoms with Crippen LogP contribution in [-0.4, -0.2) is 20.7 Å². The average Bonchev–Trinajstić information content (AvgIpc) is 3.24. The van der Waals surface area contributed by atoms with Crippen LogP contribution in [0.1, 0.15) is 40.3 Å². The van der Waals surface area contributed by atoms with Gasteiger partial charge in [-0.1, -0.05) is 57.5 Å². The molecule has 0 spiro atoms. The van der Waals surface area contributed by atoms with Gasteiger partial charge in [-0.15, -0.1) is 10.2 Å². The SMILES string of the molecule is Cc1ccc(Cl)cc1-n1c(SCc2ccc(F)cc2)nnc1C(C)NC(=O)c1ccc(Br)cc1. The maximum absolute atomic E-state index is 13.3. The second-order valence-electron chi connectivity index (χ2n) is 7.72. The Morgan fingerprint density at radius 3 is 2.53 bits per heavy atom. The minimum Gasteiger partial charge on any atom is -0.342 e. The highest BCUT2D eigenvalue weighted by Gasteiger charge is 2.23. The number of carbonyl (C=O) groups is 1. The largest absolute Gasteiger partial charge is 0.342 e. The molecule has 0 bridgehead atoms. The fourth-order valence-electron chi connectivity index (χ4n) is 3.38. The van der Waals surface area contributed by atoms with E-state index in [2.05, 4.69) is 31.4 Å². The van der Waals surface area contributed by atoms with Gasteiger partial charge in [-0.05, 0) is 73.5 Å². The van der Waals surface area contributed by atoms with Gasteiger partial charge in [0.25, 0.3) is 5.91 Å². The molecule has 5 nitrogen and oxygen atoms in total. The number of benzene rings is 3. The van der Waals surface area contributed by atoms with Crippen molar-refractivity contribution in [2.45, 2.75) is 30.8 Å². The summed E-state index contributed by atoms with van der Waals surface area (Å²) in [4.78, 5) is 12.8. The molecule has 1 atom stereocenters. The summed E-state index contributed by atoms with van der Waals surface area (Å²) in [5.41, 5.74) is 3.33. The van der Waals surface area contributed by atoms with Crippen LogP contribution in [-0.2, 0) is 5.75 Å². The van der Waals surface area contributed by atoms with Crippen molar-refractivity contribution in [2.75, 3.05) is 0 Å². The number of halogens is 3. The highest BCUT2D eigenvalue weighted by molar-refractivity contribution is 9.10. The van der Waals surface area contributed by atoms with Crippen molar-refractivity contribution >= 4 is 45.2 Å². The van der Waals surface area contributed by atoms with E-state index < -0.39 is 6.04 Å². The molecule has 4 rings (SSSR count). The highest BCUT2D eigenvalue weighted by atomic mass is 79.9. The second-order valence-corrected chi connectivity index (χ2v) is 10.0. The number of carbonyl (C=O) groups excluding carboxylic acids is 1. The van der Waals surface area contributed by atoms with Crippen molar-refractivity contribution in [1.82, 2.24) is 20.1 Å². The third-order valence-corrected chi connectivity index (χ3v) is 6.96. The lowest BCUT2D eigenvalue weighted by Crippen LogP contribution is -2.28. The summed E-state index contributed by atoms with van der Waals surface area (Å²) < 4.78 is 16.1. The Bertz CT molecular complexity index is 1310. The summed E-state index contributed by atoms with van der Waals surface area (Å²) in [7, 11) is 0. The van der Waals surface area contributed by atoms with E-state index in [1.807, 2.05) is 48.7 Å². The van der Waals surface area contributed by atoms with E-state index in [4.69, 9.17) is 11.6 Å². The van der Waals surface area contributed by atoms with Gasteiger partial charge in [-0.25, -0.2) is 4.39 Å². The normalized spacial score (nSPS) is 11.9. The molecule has 1 heterocycles. The average molecular weight is 560 g/mol. The van der Waals surface area contributed by atoms with Crippen molar-refractivity contribution in [3.05, 3.63) is 105 Å². The van der Waals surface area contributed by atoms with E-state index in [1.165, 1.54) is 23.9 Å². The number of amides is 1. The van der Waals surface area contributed by atoms with Gasteiger partial charge in [0.1, 0.15) is 5.82 Å². The monoisotopic (exact) mass is 558 g/mol. The third kappa shape index (κ3) is 5.68. The maximum Gasteiger partial charge on any atom is 0.251 e. The van der Waals surface area contributed by atoms with Crippen LogP contribution < -0.4 is 5.32 Å². The highest BCUT2D eigenvalue weighted by Crippen LogP contribution is 2.30. The van der Waals surface area contributed by atoms with Crippen molar-refractivity contribution in [2.24, 2.45) is 0 Å². The minimum atomic E-state index is -0.429. The Morgan fingerprint density at radius 2 is 1.82 bits per heavy atom. The van der Waals surface area contributed by atoms with Crippen LogP contribution in [0.15, 0.2) is 76.4 Å². The summed E-state index contributed by atoms with van der Waals surface area (Å²) in [6.07, 6.45) is 0. The van der Waals surface area contributed by atoms with Crippen LogP contribution in [0.3, 0.4) is 0 Å². The van der Waals surface area contributed by atoms with Crippen molar-refractivity contribution in [1.29, 1.82) is 0 Å². The quantitative estimate of drug-likeness (QED) is 0.250. The first-order valence-electron chi connectivity index (χ1n) is 10.5. The Balaban J connectivity index is 1.65. The summed E-state index contributed by atoms with van der Waals surface area (Å²) in [5.74, 6) is 0.678. The van der Waals surface area contributed by atoms with Gasteiger partial charge in [0.2, 0.25) is 0 Å². The van der Waals surface area contributed by atoms with E-state index in [-0.39, 0.29) is 11.7 Å². The number of thioether (sulfide) groups is 1. The fourth-order valence-corrected chi connectivity index (χ4v) is 4.72. The molecule has 174 valence electrons. The molecule has 0 fully saturated rings. The van der Waals surface area contributed by atoms with Gasteiger partial charge in [0.05, 0.1) is 11.7 Å². The smallest absolute Gasteiger partial charge is 0.251 e. The zero-order valence-corrected chi connectivity index (χ0v) is 21.6. The maximum atomic E-state index is 13.3. The molecular weight excluding hydrogens is 539 g/mol. The van der Waals surface area contributed by atoms with Gasteiger partial charge < -0.3 is 5.32 Å². The first kappa shape index (κ1) is 24.4. The first-order valence-corrected chi connectivity index (χ1v) is 12.6. The van der Waals surface area contributed by atoms with Crippen molar-refractivity contribution in [3.8, 4) is 5.69 Å². The summed E-state index contributed by atoms with van der Waals surface area (Å²) in [6, 6.07) is 18.7. The second kappa shape index (κ2) is 10.7. The lowest BCUT2D eigenvalue weighted by Gasteiger charge is -2.18. The topological polar surface area (TPSA) is 59.8 Å². The lowest BCUT2D eigenvalue weighted by atomic mass is 10.1. The zero-order chi connectivity index (χ0) is 24.2. The number of aryl methyl sites for hydroxylation is 1. The molecular formula is C25H21BrClFN4OS. The number of hydrogen-bond acceptors (Lipinski definition) is 4. The minimum absolute atomic E-state index is 0.210.